The van der Waals surface area contributed by atoms with Gasteiger partial charge in [0.05, 0.1) is 17.9 Å². The molecule has 0 amide bonds. The zero-order valence-electron chi connectivity index (χ0n) is 26.4. The number of halogens is 6. The van der Waals surface area contributed by atoms with E-state index in [4.69, 9.17) is 69.6 Å². The second kappa shape index (κ2) is 28.2. The van der Waals surface area contributed by atoms with Crippen molar-refractivity contribution in [3.8, 4) is 0 Å². The number of carboxylic acids is 3. The number of alkyl halides is 6. The maximum Gasteiger partial charge on any atom is 3.00 e. The molecule has 0 saturated heterocycles. The van der Waals surface area contributed by atoms with Crippen LogP contribution in [0, 0.1) is 40.4 Å². The summed E-state index contributed by atoms with van der Waals surface area (Å²) in [7, 11) is 0. The molecule has 0 aliphatic rings. The fourth-order valence-corrected chi connectivity index (χ4v) is 5.37. The van der Waals surface area contributed by atoms with E-state index < -0.39 is 17.9 Å². The van der Waals surface area contributed by atoms with E-state index in [-0.39, 0.29) is 57.1 Å². The number of rotatable bonds is 18. The first-order valence-electron chi connectivity index (χ1n) is 14.6. The van der Waals surface area contributed by atoms with Gasteiger partial charge in [-0.2, -0.15) is 0 Å². The minimum atomic E-state index is -1.17. The number of carboxylic acid groups (broad SMARTS) is 3. The van der Waals surface area contributed by atoms with Gasteiger partial charge in [-0.25, -0.2) is 0 Å². The molecule has 0 aliphatic heterocycles. The van der Waals surface area contributed by atoms with Gasteiger partial charge in [-0.1, -0.05) is 36.4 Å². The first-order valence-corrected chi connectivity index (χ1v) is 17.8. The molecule has 267 valence electrons. The largest absolute Gasteiger partial charge is 3.00 e. The van der Waals surface area contributed by atoms with Gasteiger partial charge in [0, 0.05) is 91.6 Å². The van der Waals surface area contributed by atoms with Crippen LogP contribution in [0.5, 0.6) is 0 Å². The van der Waals surface area contributed by atoms with Crippen molar-refractivity contribution in [3.05, 3.63) is 89.5 Å². The summed E-state index contributed by atoms with van der Waals surface area (Å²) in [5, 5.41) is 31.7. The van der Waals surface area contributed by atoms with Crippen molar-refractivity contribution in [1.29, 1.82) is 0 Å². The number of carbonyl (C=O) groups excluding carboxylic acids is 3. The van der Waals surface area contributed by atoms with E-state index in [1.54, 1.807) is 36.4 Å². The zero-order valence-corrected chi connectivity index (χ0v) is 33.5. The van der Waals surface area contributed by atoms with E-state index in [1.807, 2.05) is 14.7 Å². The van der Waals surface area contributed by atoms with Crippen molar-refractivity contribution >= 4 is 105 Å². The summed E-state index contributed by atoms with van der Waals surface area (Å²) >= 11 is 34.0. The maximum absolute atomic E-state index is 10.6. The smallest absolute Gasteiger partial charge is 0.545 e. The van der Waals surface area contributed by atoms with Gasteiger partial charge < -0.3 is 44.4 Å². The van der Waals surface area contributed by atoms with Crippen LogP contribution in [0.2, 0.25) is 0 Å². The monoisotopic (exact) mass is 932 g/mol. The minimum Gasteiger partial charge on any atom is -0.545 e. The molecule has 0 N–H and O–H groups in total. The molecule has 0 heterocycles. The molecule has 0 spiro atoms. The van der Waals surface area contributed by atoms with Gasteiger partial charge in [0.25, 0.3) is 0 Å². The summed E-state index contributed by atoms with van der Waals surface area (Å²) in [4.78, 5) is 37.7. The maximum atomic E-state index is 10.6. The van der Waals surface area contributed by atoms with Gasteiger partial charge in [-0.3, -0.25) is 0 Å². The Morgan fingerprint density at radius 2 is 0.551 bits per heavy atom. The molecule has 3 rings (SSSR count). The van der Waals surface area contributed by atoms with E-state index in [0.717, 1.165) is 17.1 Å². The number of nitrogens with zero attached hydrogens (tertiary/aromatic N) is 3. The third kappa shape index (κ3) is 18.6. The first-order chi connectivity index (χ1) is 23.1. The predicted octanol–water partition coefficient (Wildman–Crippen LogP) is 4.00. The van der Waals surface area contributed by atoms with Gasteiger partial charge in [0.2, 0.25) is 0 Å². The molecule has 49 heavy (non-hydrogen) atoms. The number of carbonyl (C=O) groups is 3. The fourth-order valence-electron chi connectivity index (χ4n) is 4.15. The molecule has 0 fully saturated rings. The second-order valence-corrected chi connectivity index (χ2v) is 11.9. The Morgan fingerprint density at radius 3 is 0.673 bits per heavy atom. The number of hydrogen-bond donors (Lipinski definition) is 0. The Kier molecular flexibility index (Phi) is 27.3. The topological polar surface area (TPSA) is 130 Å². The number of hydrogen-bond acceptors (Lipinski definition) is 9. The van der Waals surface area contributed by atoms with Crippen molar-refractivity contribution < 1.29 is 70.1 Å². The van der Waals surface area contributed by atoms with Crippen LogP contribution in [0.25, 0.3) is 0 Å². The molecule has 0 unspecified atom stereocenters. The third-order valence-electron chi connectivity index (χ3n) is 6.53. The zero-order chi connectivity index (χ0) is 35.9. The van der Waals surface area contributed by atoms with Crippen LogP contribution in [-0.4, -0.2) is 92.5 Å². The van der Waals surface area contributed by atoms with Crippen LogP contribution in [-0.2, 0) is 0 Å². The van der Waals surface area contributed by atoms with Crippen LogP contribution < -0.4 is 30.0 Å². The molecule has 0 bridgehead atoms. The fraction of sp³-hybridized carbons (Fsp3) is 0.364. The molecular weight excluding hydrogens is 897 g/mol. The van der Waals surface area contributed by atoms with Gasteiger partial charge in [-0.15, -0.1) is 69.6 Å². The third-order valence-corrected chi connectivity index (χ3v) is 7.55. The Balaban J connectivity index is 0.000000698. The van der Waals surface area contributed by atoms with E-state index in [0.29, 0.717) is 74.5 Å². The summed E-state index contributed by atoms with van der Waals surface area (Å²) in [5.41, 5.74) is 3.23. The quantitative estimate of drug-likeness (QED) is 0.174. The van der Waals surface area contributed by atoms with E-state index in [9.17, 15) is 29.7 Å². The van der Waals surface area contributed by atoms with Crippen LogP contribution in [0.15, 0.2) is 72.8 Å². The van der Waals surface area contributed by atoms with Crippen LogP contribution in [0.3, 0.4) is 0 Å². The van der Waals surface area contributed by atoms with Crippen LogP contribution >= 0.6 is 69.6 Å². The van der Waals surface area contributed by atoms with Crippen molar-refractivity contribution in [2.45, 2.75) is 0 Å². The predicted molar refractivity (Wildman–Crippen MR) is 193 cm³/mol. The van der Waals surface area contributed by atoms with E-state index in [2.05, 4.69) is 0 Å². The average Bonchev–Trinajstić information content (AvgIpc) is 3.09. The Morgan fingerprint density at radius 1 is 0.388 bits per heavy atom. The van der Waals surface area contributed by atoms with E-state index >= 15 is 0 Å². The summed E-state index contributed by atoms with van der Waals surface area (Å²) < 4.78 is 0. The Labute approximate surface area is 350 Å². The standard InChI is InChI=1S/3C11H13Cl2NO2.Sm/c3*12-5-7-14(8-6-13)10-3-1-9(2-4-10)11(15)16;/h3*1-4H,5-8H2,(H,15,16);/q;;;+3/p-3. The molecule has 3 aromatic carbocycles. The molecule has 3 aromatic rings. The second-order valence-electron chi connectivity index (χ2n) is 9.60. The molecule has 0 saturated carbocycles. The summed E-state index contributed by atoms with van der Waals surface area (Å²) in [6, 6.07) is 19.4. The van der Waals surface area contributed by atoms with Gasteiger partial charge >= 0.3 is 40.4 Å². The van der Waals surface area contributed by atoms with Crippen molar-refractivity contribution in [3.63, 3.8) is 0 Å². The number of aromatic carboxylic acids is 3. The summed E-state index contributed by atoms with van der Waals surface area (Å²) in [6.07, 6.45) is 0. The molecule has 0 aromatic heterocycles. The van der Waals surface area contributed by atoms with Gasteiger partial charge in [-0.05, 0) is 53.1 Å². The Bertz CT molecular complexity index is 1180. The van der Waals surface area contributed by atoms with Crippen LogP contribution in [0.4, 0.5) is 17.1 Å². The number of benzene rings is 3. The van der Waals surface area contributed by atoms with Crippen molar-refractivity contribution in [2.75, 3.05) is 89.2 Å². The molecule has 0 aliphatic carbocycles. The molecular formula is C33H36Cl6N3O6Sm. The minimum absolute atomic E-state index is 0. The van der Waals surface area contributed by atoms with E-state index in [1.165, 1.54) is 36.4 Å². The molecule has 9 nitrogen and oxygen atoms in total. The summed E-state index contributed by atoms with van der Waals surface area (Å²) in [6.45, 7) is 4.08. The van der Waals surface area contributed by atoms with Crippen molar-refractivity contribution in [2.24, 2.45) is 0 Å². The molecule has 16 heteroatoms. The van der Waals surface area contributed by atoms with Crippen molar-refractivity contribution in [1.82, 2.24) is 0 Å². The average molecular weight is 934 g/mol. The normalized spacial score (nSPS) is 9.92. The summed E-state index contributed by atoms with van der Waals surface area (Å²) in [5.74, 6) is -0.525. The van der Waals surface area contributed by atoms with Gasteiger partial charge in [0.15, 0.2) is 0 Å². The van der Waals surface area contributed by atoms with Gasteiger partial charge in [0.1, 0.15) is 0 Å². The molecule has 0 atom stereocenters. The number of anilines is 3. The Hall–Kier alpha value is -1.45. The SMILES string of the molecule is O=C([O-])c1ccc(N(CCCl)CCCl)cc1.O=C([O-])c1ccc(N(CCCl)CCCl)cc1.O=C([O-])c1ccc(N(CCCl)CCCl)cc1.[Sm+3]. The first kappa shape index (κ1) is 47.5. The van der Waals surface area contributed by atoms with Crippen LogP contribution in [0.1, 0.15) is 31.1 Å². The molecule has 1 radical (unpaired) electrons.